The standard InChI is InChI=1S/C16H21FN4/c17-13-7-5-12(6-8-13)16(19-18)11-14-9-10-21(20-14)15-3-1-2-4-15/h5-10,15-16,19H,1-4,11,18H2. The molecule has 0 aliphatic heterocycles. The van der Waals surface area contributed by atoms with Gasteiger partial charge in [0, 0.05) is 12.6 Å². The lowest BCUT2D eigenvalue weighted by atomic mass is 10.0. The van der Waals surface area contributed by atoms with Crippen LogP contribution >= 0.6 is 0 Å². The van der Waals surface area contributed by atoms with Crippen molar-refractivity contribution in [2.75, 3.05) is 0 Å². The normalized spacial score (nSPS) is 17.2. The van der Waals surface area contributed by atoms with Crippen LogP contribution in [0, 0.1) is 5.82 Å². The summed E-state index contributed by atoms with van der Waals surface area (Å²) in [4.78, 5) is 0. The fourth-order valence-electron chi connectivity index (χ4n) is 3.04. The predicted molar refractivity (Wildman–Crippen MR) is 79.9 cm³/mol. The van der Waals surface area contributed by atoms with E-state index in [-0.39, 0.29) is 11.9 Å². The van der Waals surface area contributed by atoms with E-state index in [4.69, 9.17) is 5.84 Å². The average Bonchev–Trinajstić information content (AvgIpc) is 3.17. The van der Waals surface area contributed by atoms with Gasteiger partial charge in [-0.25, -0.2) is 4.39 Å². The summed E-state index contributed by atoms with van der Waals surface area (Å²) in [7, 11) is 0. The van der Waals surface area contributed by atoms with Crippen LogP contribution in [0.15, 0.2) is 36.5 Å². The molecule has 1 aromatic heterocycles. The minimum atomic E-state index is -0.236. The summed E-state index contributed by atoms with van der Waals surface area (Å²) >= 11 is 0. The van der Waals surface area contributed by atoms with Crippen LogP contribution in [-0.2, 0) is 6.42 Å². The van der Waals surface area contributed by atoms with Crippen molar-refractivity contribution in [3.8, 4) is 0 Å². The number of hydrogen-bond donors (Lipinski definition) is 2. The molecule has 1 heterocycles. The molecule has 0 radical (unpaired) electrons. The summed E-state index contributed by atoms with van der Waals surface area (Å²) in [6.45, 7) is 0. The summed E-state index contributed by atoms with van der Waals surface area (Å²) < 4.78 is 15.1. The molecule has 1 unspecified atom stereocenters. The maximum absolute atomic E-state index is 13.0. The van der Waals surface area contributed by atoms with Crippen LogP contribution in [0.3, 0.4) is 0 Å². The highest BCUT2D eigenvalue weighted by Crippen LogP contribution is 2.29. The van der Waals surface area contributed by atoms with Crippen LogP contribution < -0.4 is 11.3 Å². The molecule has 3 N–H and O–H groups in total. The summed E-state index contributed by atoms with van der Waals surface area (Å²) in [5.74, 6) is 5.41. The number of halogens is 1. The minimum Gasteiger partial charge on any atom is -0.271 e. The van der Waals surface area contributed by atoms with Gasteiger partial charge in [0.05, 0.1) is 17.8 Å². The van der Waals surface area contributed by atoms with E-state index in [2.05, 4.69) is 21.4 Å². The molecule has 21 heavy (non-hydrogen) atoms. The van der Waals surface area contributed by atoms with Gasteiger partial charge >= 0.3 is 0 Å². The Morgan fingerprint density at radius 2 is 1.95 bits per heavy atom. The highest BCUT2D eigenvalue weighted by Gasteiger charge is 2.18. The number of hydrogen-bond acceptors (Lipinski definition) is 3. The topological polar surface area (TPSA) is 55.9 Å². The first-order chi connectivity index (χ1) is 10.3. The van der Waals surface area contributed by atoms with Crippen LogP contribution in [0.1, 0.15) is 49.0 Å². The van der Waals surface area contributed by atoms with Crippen molar-refractivity contribution < 1.29 is 4.39 Å². The van der Waals surface area contributed by atoms with E-state index in [1.807, 2.05) is 6.07 Å². The van der Waals surface area contributed by atoms with Crippen LogP contribution in [0.2, 0.25) is 0 Å². The van der Waals surface area contributed by atoms with Gasteiger partial charge in [-0.1, -0.05) is 25.0 Å². The van der Waals surface area contributed by atoms with E-state index in [9.17, 15) is 4.39 Å². The molecule has 5 heteroatoms. The second-order valence-corrected chi connectivity index (χ2v) is 5.70. The molecule has 4 nitrogen and oxygen atoms in total. The Kier molecular flexibility index (Phi) is 4.31. The lowest BCUT2D eigenvalue weighted by Crippen LogP contribution is -2.29. The van der Waals surface area contributed by atoms with Crippen LogP contribution in [0.25, 0.3) is 0 Å². The van der Waals surface area contributed by atoms with Gasteiger partial charge < -0.3 is 0 Å². The summed E-state index contributed by atoms with van der Waals surface area (Å²) in [6.07, 6.45) is 7.78. The first-order valence-electron chi connectivity index (χ1n) is 7.52. The molecular weight excluding hydrogens is 267 g/mol. The molecule has 0 saturated heterocycles. The largest absolute Gasteiger partial charge is 0.271 e. The third-order valence-corrected chi connectivity index (χ3v) is 4.25. The predicted octanol–water partition coefficient (Wildman–Crippen LogP) is 2.88. The van der Waals surface area contributed by atoms with Crippen LogP contribution in [-0.4, -0.2) is 9.78 Å². The van der Waals surface area contributed by atoms with Crippen LogP contribution in [0.4, 0.5) is 4.39 Å². The van der Waals surface area contributed by atoms with Crippen molar-refractivity contribution in [3.05, 3.63) is 53.6 Å². The molecule has 1 saturated carbocycles. The van der Waals surface area contributed by atoms with Gasteiger partial charge in [0.1, 0.15) is 5.82 Å². The number of rotatable bonds is 5. The highest BCUT2D eigenvalue weighted by atomic mass is 19.1. The van der Waals surface area contributed by atoms with Crippen molar-refractivity contribution in [3.63, 3.8) is 0 Å². The van der Waals surface area contributed by atoms with E-state index in [0.717, 1.165) is 11.3 Å². The van der Waals surface area contributed by atoms with Gasteiger partial charge in [0.25, 0.3) is 0 Å². The summed E-state index contributed by atoms with van der Waals surface area (Å²) in [5.41, 5.74) is 4.77. The SMILES string of the molecule is NNC(Cc1ccn(C2CCCC2)n1)c1ccc(F)cc1. The smallest absolute Gasteiger partial charge is 0.123 e. The Morgan fingerprint density at radius 1 is 1.24 bits per heavy atom. The number of nitrogens with zero attached hydrogens (tertiary/aromatic N) is 2. The second kappa shape index (κ2) is 6.37. The number of nitrogens with one attached hydrogen (secondary N) is 1. The number of nitrogens with two attached hydrogens (primary N) is 1. The fraction of sp³-hybridized carbons (Fsp3) is 0.438. The summed E-state index contributed by atoms with van der Waals surface area (Å²) in [5, 5.41) is 4.67. The van der Waals surface area contributed by atoms with E-state index in [1.54, 1.807) is 12.1 Å². The Labute approximate surface area is 124 Å². The van der Waals surface area contributed by atoms with Gasteiger partial charge in [-0.2, -0.15) is 5.10 Å². The zero-order chi connectivity index (χ0) is 14.7. The molecule has 112 valence electrons. The molecule has 0 spiro atoms. The average molecular weight is 288 g/mol. The van der Waals surface area contributed by atoms with Gasteiger partial charge in [-0.15, -0.1) is 0 Å². The maximum Gasteiger partial charge on any atom is 0.123 e. The van der Waals surface area contributed by atoms with Gasteiger partial charge in [0.2, 0.25) is 0 Å². The molecule has 3 rings (SSSR count). The van der Waals surface area contributed by atoms with E-state index in [0.29, 0.717) is 12.5 Å². The molecule has 1 aliphatic rings. The third kappa shape index (κ3) is 3.31. The number of hydrazine groups is 1. The van der Waals surface area contributed by atoms with E-state index < -0.39 is 0 Å². The molecular formula is C16H21FN4. The quantitative estimate of drug-likeness (QED) is 0.657. The monoisotopic (exact) mass is 288 g/mol. The maximum atomic E-state index is 13.0. The Balaban J connectivity index is 1.70. The molecule has 1 atom stereocenters. The zero-order valence-electron chi connectivity index (χ0n) is 12.0. The first-order valence-corrected chi connectivity index (χ1v) is 7.52. The molecule has 1 aliphatic carbocycles. The first kappa shape index (κ1) is 14.2. The second-order valence-electron chi connectivity index (χ2n) is 5.70. The van der Waals surface area contributed by atoms with E-state index in [1.165, 1.54) is 37.8 Å². The Hall–Kier alpha value is -1.72. The molecule has 0 amide bonds. The van der Waals surface area contributed by atoms with Gasteiger partial charge in [-0.3, -0.25) is 16.0 Å². The van der Waals surface area contributed by atoms with Crippen molar-refractivity contribution in [1.29, 1.82) is 0 Å². The number of aromatic nitrogens is 2. The Bertz CT molecular complexity index is 572. The zero-order valence-corrected chi connectivity index (χ0v) is 12.0. The fourth-order valence-corrected chi connectivity index (χ4v) is 3.04. The molecule has 1 fully saturated rings. The van der Waals surface area contributed by atoms with Gasteiger partial charge in [-0.05, 0) is 36.6 Å². The minimum absolute atomic E-state index is 0.0578. The van der Waals surface area contributed by atoms with E-state index >= 15 is 0 Å². The van der Waals surface area contributed by atoms with Crippen molar-refractivity contribution in [2.45, 2.75) is 44.2 Å². The highest BCUT2D eigenvalue weighted by molar-refractivity contribution is 5.21. The molecule has 2 aromatic rings. The van der Waals surface area contributed by atoms with Gasteiger partial charge in [0.15, 0.2) is 0 Å². The Morgan fingerprint density at radius 3 is 2.62 bits per heavy atom. The lowest BCUT2D eigenvalue weighted by molar-refractivity contribution is 0.457. The van der Waals surface area contributed by atoms with Crippen molar-refractivity contribution in [2.24, 2.45) is 5.84 Å². The molecule has 0 bridgehead atoms. The lowest BCUT2D eigenvalue weighted by Gasteiger charge is -2.15. The third-order valence-electron chi connectivity index (χ3n) is 4.25. The van der Waals surface area contributed by atoms with Crippen LogP contribution in [0.5, 0.6) is 0 Å². The summed E-state index contributed by atoms with van der Waals surface area (Å²) in [6, 6.07) is 8.97. The van der Waals surface area contributed by atoms with Crippen molar-refractivity contribution >= 4 is 0 Å². The molecule has 1 aromatic carbocycles. The van der Waals surface area contributed by atoms with Crippen molar-refractivity contribution in [1.82, 2.24) is 15.2 Å². The number of benzene rings is 1.